The fourth-order valence-electron chi connectivity index (χ4n) is 2.53. The van der Waals surface area contributed by atoms with Gasteiger partial charge in [0.25, 0.3) is 0 Å². The topological polar surface area (TPSA) is 50.8 Å². The molecule has 1 aliphatic heterocycles. The summed E-state index contributed by atoms with van der Waals surface area (Å²) >= 11 is 0. The maximum Gasteiger partial charge on any atom is 0.325 e. The van der Waals surface area contributed by atoms with Crippen LogP contribution in [-0.2, 0) is 14.3 Å². The zero-order valence-corrected chi connectivity index (χ0v) is 13.4. The van der Waals surface area contributed by atoms with E-state index in [1.165, 1.54) is 7.11 Å². The van der Waals surface area contributed by atoms with Gasteiger partial charge in [-0.1, -0.05) is 6.92 Å². The number of nitrogens with one attached hydrogen (secondary N) is 1. The van der Waals surface area contributed by atoms with Crippen molar-refractivity contribution in [3.8, 4) is 0 Å². The molecule has 118 valence electrons. The fraction of sp³-hybridized carbons (Fsp3) is 0.933. The van der Waals surface area contributed by atoms with Gasteiger partial charge in [0.05, 0.1) is 13.2 Å². The lowest BCUT2D eigenvalue weighted by Crippen LogP contribution is -2.52. The molecule has 1 heterocycles. The third kappa shape index (κ3) is 5.38. The first kappa shape index (κ1) is 17.4. The Morgan fingerprint density at radius 3 is 2.85 bits per heavy atom. The number of methoxy groups -OCH3 is 1. The van der Waals surface area contributed by atoms with E-state index < -0.39 is 5.54 Å². The van der Waals surface area contributed by atoms with Gasteiger partial charge in [-0.05, 0) is 46.2 Å². The van der Waals surface area contributed by atoms with Crippen molar-refractivity contribution in [1.82, 2.24) is 10.2 Å². The van der Waals surface area contributed by atoms with Crippen molar-refractivity contribution in [2.24, 2.45) is 0 Å². The van der Waals surface area contributed by atoms with Crippen molar-refractivity contribution in [3.63, 3.8) is 0 Å². The summed E-state index contributed by atoms with van der Waals surface area (Å²) in [4.78, 5) is 14.2. The van der Waals surface area contributed by atoms with Gasteiger partial charge in [0, 0.05) is 19.7 Å². The number of rotatable bonds is 9. The third-order valence-electron chi connectivity index (χ3n) is 3.93. The van der Waals surface area contributed by atoms with E-state index in [0.29, 0.717) is 6.10 Å². The molecule has 1 rings (SSSR count). The van der Waals surface area contributed by atoms with E-state index >= 15 is 0 Å². The van der Waals surface area contributed by atoms with Crippen LogP contribution in [0, 0.1) is 0 Å². The molecule has 1 saturated heterocycles. The quantitative estimate of drug-likeness (QED) is 0.650. The number of carbonyl (C=O) groups excluding carboxylic acids is 1. The molecule has 0 radical (unpaired) electrons. The van der Waals surface area contributed by atoms with Crippen LogP contribution in [0.4, 0.5) is 0 Å². The minimum absolute atomic E-state index is 0.184. The lowest BCUT2D eigenvalue weighted by Gasteiger charge is -2.30. The second-order valence-corrected chi connectivity index (χ2v) is 5.90. The Hall–Kier alpha value is -0.650. The van der Waals surface area contributed by atoms with Gasteiger partial charge in [-0.2, -0.15) is 0 Å². The first-order chi connectivity index (χ1) is 9.51. The van der Waals surface area contributed by atoms with Crippen LogP contribution in [0.1, 0.15) is 39.5 Å². The molecule has 1 N–H and O–H groups in total. The monoisotopic (exact) mass is 286 g/mol. The standard InChI is InChI=1S/C15H30N2O3/c1-5-9-16-15(2,14(18)19-4)8-10-17(3)12-13-7-6-11-20-13/h13,16H,5-12H2,1-4H3. The molecular weight excluding hydrogens is 256 g/mol. The highest BCUT2D eigenvalue weighted by atomic mass is 16.5. The molecule has 0 spiro atoms. The summed E-state index contributed by atoms with van der Waals surface area (Å²) in [5, 5.41) is 3.31. The maximum absolute atomic E-state index is 12.0. The largest absolute Gasteiger partial charge is 0.468 e. The van der Waals surface area contributed by atoms with Crippen LogP contribution in [0.3, 0.4) is 0 Å². The van der Waals surface area contributed by atoms with Gasteiger partial charge in [-0.25, -0.2) is 0 Å². The molecule has 1 aliphatic rings. The Labute approximate surface area is 123 Å². The Morgan fingerprint density at radius 1 is 1.55 bits per heavy atom. The summed E-state index contributed by atoms with van der Waals surface area (Å²) in [7, 11) is 3.53. The average Bonchev–Trinajstić information content (AvgIpc) is 2.94. The van der Waals surface area contributed by atoms with Crippen molar-refractivity contribution in [3.05, 3.63) is 0 Å². The second kappa shape index (κ2) is 8.60. The Kier molecular flexibility index (Phi) is 7.48. The molecule has 0 aliphatic carbocycles. The highest BCUT2D eigenvalue weighted by Gasteiger charge is 2.33. The Morgan fingerprint density at radius 2 is 2.30 bits per heavy atom. The summed E-state index contributed by atoms with van der Waals surface area (Å²) < 4.78 is 10.6. The molecule has 0 aromatic carbocycles. The smallest absolute Gasteiger partial charge is 0.325 e. The lowest BCUT2D eigenvalue weighted by atomic mass is 9.97. The molecule has 0 amide bonds. The van der Waals surface area contributed by atoms with Crippen molar-refractivity contribution < 1.29 is 14.3 Å². The molecular formula is C15H30N2O3. The molecule has 0 aromatic heterocycles. The van der Waals surface area contributed by atoms with E-state index in [4.69, 9.17) is 9.47 Å². The first-order valence-corrected chi connectivity index (χ1v) is 7.65. The zero-order chi connectivity index (χ0) is 15.0. The van der Waals surface area contributed by atoms with E-state index in [-0.39, 0.29) is 5.97 Å². The predicted octanol–water partition coefficient (Wildman–Crippen LogP) is 1.42. The molecule has 2 unspecified atom stereocenters. The van der Waals surface area contributed by atoms with Gasteiger partial charge in [0.15, 0.2) is 0 Å². The number of carbonyl (C=O) groups is 1. The van der Waals surface area contributed by atoms with Crippen molar-refractivity contribution in [2.45, 2.75) is 51.2 Å². The van der Waals surface area contributed by atoms with Crippen LogP contribution in [0.5, 0.6) is 0 Å². The normalized spacial score (nSPS) is 21.9. The van der Waals surface area contributed by atoms with Crippen molar-refractivity contribution in [1.29, 1.82) is 0 Å². The molecule has 1 fully saturated rings. The number of esters is 1. The number of hydrogen-bond acceptors (Lipinski definition) is 5. The summed E-state index contributed by atoms with van der Waals surface area (Å²) in [6, 6.07) is 0. The minimum Gasteiger partial charge on any atom is -0.468 e. The van der Waals surface area contributed by atoms with Crippen LogP contribution < -0.4 is 5.32 Å². The summed E-state index contributed by atoms with van der Waals surface area (Å²) in [5.74, 6) is -0.184. The Balaban J connectivity index is 2.41. The van der Waals surface area contributed by atoms with Gasteiger partial charge in [-0.3, -0.25) is 4.79 Å². The number of nitrogens with zero attached hydrogens (tertiary/aromatic N) is 1. The number of likely N-dealkylation sites (N-methyl/N-ethyl adjacent to an activating group) is 1. The van der Waals surface area contributed by atoms with E-state index in [1.54, 1.807) is 0 Å². The molecule has 20 heavy (non-hydrogen) atoms. The molecule has 0 saturated carbocycles. The Bertz CT molecular complexity index is 293. The molecule has 0 aromatic rings. The van der Waals surface area contributed by atoms with E-state index in [1.807, 2.05) is 6.92 Å². The fourth-order valence-corrected chi connectivity index (χ4v) is 2.53. The summed E-state index contributed by atoms with van der Waals surface area (Å²) in [5.41, 5.74) is -0.602. The highest BCUT2D eigenvalue weighted by Crippen LogP contribution is 2.16. The molecule has 0 bridgehead atoms. The van der Waals surface area contributed by atoms with Gasteiger partial charge < -0.3 is 19.7 Å². The van der Waals surface area contributed by atoms with Crippen LogP contribution in [-0.4, -0.2) is 62.9 Å². The summed E-state index contributed by atoms with van der Waals surface area (Å²) in [6.07, 6.45) is 4.40. The highest BCUT2D eigenvalue weighted by molar-refractivity contribution is 5.80. The molecule has 2 atom stereocenters. The third-order valence-corrected chi connectivity index (χ3v) is 3.93. The molecule has 5 nitrogen and oxygen atoms in total. The first-order valence-electron chi connectivity index (χ1n) is 7.65. The predicted molar refractivity (Wildman–Crippen MR) is 79.8 cm³/mol. The van der Waals surface area contributed by atoms with E-state index in [2.05, 4.69) is 24.2 Å². The minimum atomic E-state index is -0.602. The van der Waals surface area contributed by atoms with Crippen LogP contribution in [0.25, 0.3) is 0 Å². The van der Waals surface area contributed by atoms with E-state index in [0.717, 1.165) is 51.9 Å². The second-order valence-electron chi connectivity index (χ2n) is 5.90. The number of ether oxygens (including phenoxy) is 2. The number of hydrogen-bond donors (Lipinski definition) is 1. The maximum atomic E-state index is 12.0. The SMILES string of the molecule is CCCNC(C)(CCN(C)CC1CCCO1)C(=O)OC. The van der Waals surface area contributed by atoms with Gasteiger partial charge >= 0.3 is 5.97 Å². The van der Waals surface area contributed by atoms with Gasteiger partial charge in [0.1, 0.15) is 5.54 Å². The van der Waals surface area contributed by atoms with Gasteiger partial charge in [-0.15, -0.1) is 0 Å². The molecule has 5 heteroatoms. The van der Waals surface area contributed by atoms with Crippen molar-refractivity contribution in [2.75, 3.05) is 40.4 Å². The van der Waals surface area contributed by atoms with Crippen LogP contribution in [0.2, 0.25) is 0 Å². The zero-order valence-electron chi connectivity index (χ0n) is 13.4. The summed E-state index contributed by atoms with van der Waals surface area (Å²) in [6.45, 7) is 7.51. The van der Waals surface area contributed by atoms with Crippen LogP contribution >= 0.6 is 0 Å². The lowest BCUT2D eigenvalue weighted by molar-refractivity contribution is -0.148. The van der Waals surface area contributed by atoms with Gasteiger partial charge in [0.2, 0.25) is 0 Å². The van der Waals surface area contributed by atoms with Crippen LogP contribution in [0.15, 0.2) is 0 Å². The van der Waals surface area contributed by atoms with E-state index in [9.17, 15) is 4.79 Å². The van der Waals surface area contributed by atoms with Crippen molar-refractivity contribution >= 4 is 5.97 Å². The average molecular weight is 286 g/mol.